The molecule has 1 aromatic carbocycles. The highest BCUT2D eigenvalue weighted by Crippen LogP contribution is 2.26. The number of rotatable bonds is 3. The van der Waals surface area contributed by atoms with Gasteiger partial charge in [0.15, 0.2) is 0 Å². The van der Waals surface area contributed by atoms with E-state index >= 15 is 0 Å². The zero-order valence-electron chi connectivity index (χ0n) is 10.7. The highest BCUT2D eigenvalue weighted by atomic mass is 32.2. The van der Waals surface area contributed by atoms with Crippen LogP contribution in [0.4, 0.5) is 0 Å². The normalized spacial score (nSPS) is 10.6. The quantitative estimate of drug-likeness (QED) is 0.863. The summed E-state index contributed by atoms with van der Waals surface area (Å²) < 4.78 is 1.99. The number of amides is 1. The zero-order valence-corrected chi connectivity index (χ0v) is 11.5. The van der Waals surface area contributed by atoms with E-state index in [2.05, 4.69) is 24.3 Å². The van der Waals surface area contributed by atoms with Gasteiger partial charge in [0.1, 0.15) is 0 Å². The molecule has 94 valence electrons. The summed E-state index contributed by atoms with van der Waals surface area (Å²) in [5.74, 6) is -0.380. The molecular formula is C14H16N2OS. The van der Waals surface area contributed by atoms with Crippen LogP contribution in [-0.4, -0.2) is 16.7 Å². The maximum absolute atomic E-state index is 11.3. The van der Waals surface area contributed by atoms with Crippen LogP contribution in [0.1, 0.15) is 16.1 Å². The Morgan fingerprint density at radius 1 is 1.28 bits per heavy atom. The molecule has 0 fully saturated rings. The Morgan fingerprint density at radius 2 is 1.89 bits per heavy atom. The van der Waals surface area contributed by atoms with Gasteiger partial charge in [-0.15, -0.1) is 11.8 Å². The molecule has 0 aliphatic heterocycles. The first-order valence-electron chi connectivity index (χ1n) is 5.65. The lowest BCUT2D eigenvalue weighted by molar-refractivity contribution is 0.0999. The number of thioether (sulfide) groups is 1. The standard InChI is InChI=1S/C14H16N2OS/c1-9-12(14(15)17)8-13(16(9)2)10-4-6-11(18-3)7-5-10/h4-8H,1-3H3,(H2,15,17). The summed E-state index contributed by atoms with van der Waals surface area (Å²) in [6.07, 6.45) is 2.05. The van der Waals surface area contributed by atoms with Crippen molar-refractivity contribution in [2.24, 2.45) is 12.8 Å². The van der Waals surface area contributed by atoms with Crippen LogP contribution in [0.3, 0.4) is 0 Å². The molecule has 0 radical (unpaired) electrons. The van der Waals surface area contributed by atoms with E-state index in [1.807, 2.05) is 30.9 Å². The fourth-order valence-electron chi connectivity index (χ4n) is 1.99. The van der Waals surface area contributed by atoms with Crippen LogP contribution in [-0.2, 0) is 7.05 Å². The molecule has 2 rings (SSSR count). The Hall–Kier alpha value is -1.68. The van der Waals surface area contributed by atoms with Crippen molar-refractivity contribution < 1.29 is 4.79 Å². The number of primary amides is 1. The van der Waals surface area contributed by atoms with Crippen molar-refractivity contribution in [2.75, 3.05) is 6.26 Å². The van der Waals surface area contributed by atoms with E-state index in [1.54, 1.807) is 11.8 Å². The first kappa shape index (κ1) is 12.8. The number of carbonyl (C=O) groups excluding carboxylic acids is 1. The van der Waals surface area contributed by atoms with Crippen molar-refractivity contribution in [3.63, 3.8) is 0 Å². The molecule has 4 heteroatoms. The maximum atomic E-state index is 11.3. The molecule has 0 spiro atoms. The first-order chi connectivity index (χ1) is 8.54. The third-order valence-corrected chi connectivity index (χ3v) is 3.93. The fourth-order valence-corrected chi connectivity index (χ4v) is 2.40. The molecule has 1 aromatic heterocycles. The molecule has 0 aliphatic rings. The Morgan fingerprint density at radius 3 is 2.33 bits per heavy atom. The van der Waals surface area contributed by atoms with Gasteiger partial charge in [0.05, 0.1) is 5.56 Å². The number of carbonyl (C=O) groups is 1. The minimum atomic E-state index is -0.380. The van der Waals surface area contributed by atoms with E-state index in [0.29, 0.717) is 5.56 Å². The van der Waals surface area contributed by atoms with Crippen LogP contribution in [0.5, 0.6) is 0 Å². The largest absolute Gasteiger partial charge is 0.366 e. The molecule has 0 aliphatic carbocycles. The van der Waals surface area contributed by atoms with Gasteiger partial charge in [-0.25, -0.2) is 0 Å². The smallest absolute Gasteiger partial charge is 0.250 e. The number of nitrogens with zero attached hydrogens (tertiary/aromatic N) is 1. The first-order valence-corrected chi connectivity index (χ1v) is 6.87. The van der Waals surface area contributed by atoms with Crippen LogP contribution in [0.2, 0.25) is 0 Å². The molecule has 2 N–H and O–H groups in total. The van der Waals surface area contributed by atoms with Gasteiger partial charge < -0.3 is 10.3 Å². The number of nitrogens with two attached hydrogens (primary N) is 1. The van der Waals surface area contributed by atoms with E-state index in [-0.39, 0.29) is 5.91 Å². The molecule has 0 saturated carbocycles. The third kappa shape index (κ3) is 2.16. The summed E-state index contributed by atoms with van der Waals surface area (Å²) in [5, 5.41) is 0. The molecular weight excluding hydrogens is 244 g/mol. The highest BCUT2D eigenvalue weighted by Gasteiger charge is 2.14. The average Bonchev–Trinajstić information content (AvgIpc) is 2.67. The van der Waals surface area contributed by atoms with Crippen molar-refractivity contribution in [2.45, 2.75) is 11.8 Å². The van der Waals surface area contributed by atoms with Crippen LogP contribution >= 0.6 is 11.8 Å². The molecule has 0 saturated heterocycles. The Bertz CT molecular complexity index is 585. The molecule has 0 atom stereocenters. The highest BCUT2D eigenvalue weighted by molar-refractivity contribution is 7.98. The van der Waals surface area contributed by atoms with Crippen LogP contribution in [0.25, 0.3) is 11.3 Å². The molecule has 18 heavy (non-hydrogen) atoms. The molecule has 0 bridgehead atoms. The molecule has 2 aromatic rings. The van der Waals surface area contributed by atoms with Gasteiger partial charge in [-0.2, -0.15) is 0 Å². The minimum Gasteiger partial charge on any atom is -0.366 e. The summed E-state index contributed by atoms with van der Waals surface area (Å²) >= 11 is 1.71. The second-order valence-corrected chi connectivity index (χ2v) is 5.06. The number of aromatic nitrogens is 1. The van der Waals surface area contributed by atoms with E-state index < -0.39 is 0 Å². The second-order valence-electron chi connectivity index (χ2n) is 4.18. The maximum Gasteiger partial charge on any atom is 0.250 e. The molecule has 0 unspecified atom stereocenters. The van der Waals surface area contributed by atoms with Gasteiger partial charge in [-0.3, -0.25) is 4.79 Å². The Balaban J connectivity index is 2.50. The fraction of sp³-hybridized carbons (Fsp3) is 0.214. The predicted octanol–water partition coefficient (Wildman–Crippen LogP) is 2.82. The van der Waals surface area contributed by atoms with Crippen molar-refractivity contribution >= 4 is 17.7 Å². The van der Waals surface area contributed by atoms with Crippen molar-refractivity contribution in [1.82, 2.24) is 4.57 Å². The van der Waals surface area contributed by atoms with Crippen molar-refractivity contribution in [1.29, 1.82) is 0 Å². The molecule has 1 heterocycles. The van der Waals surface area contributed by atoms with Gasteiger partial charge >= 0.3 is 0 Å². The van der Waals surface area contributed by atoms with Crippen molar-refractivity contribution in [3.8, 4) is 11.3 Å². The number of benzene rings is 1. The monoisotopic (exact) mass is 260 g/mol. The van der Waals surface area contributed by atoms with E-state index in [4.69, 9.17) is 5.73 Å². The van der Waals surface area contributed by atoms with E-state index in [9.17, 15) is 4.79 Å². The van der Waals surface area contributed by atoms with Gasteiger partial charge in [-0.1, -0.05) is 12.1 Å². The molecule has 1 amide bonds. The van der Waals surface area contributed by atoms with Gasteiger partial charge in [0.25, 0.3) is 5.91 Å². The van der Waals surface area contributed by atoms with Crippen LogP contribution in [0.15, 0.2) is 35.2 Å². The third-order valence-electron chi connectivity index (χ3n) is 3.19. The van der Waals surface area contributed by atoms with Gasteiger partial charge in [0, 0.05) is 23.3 Å². The van der Waals surface area contributed by atoms with Gasteiger partial charge in [0.2, 0.25) is 0 Å². The second kappa shape index (κ2) is 4.90. The van der Waals surface area contributed by atoms with Crippen LogP contribution < -0.4 is 5.73 Å². The lowest BCUT2D eigenvalue weighted by atomic mass is 10.1. The summed E-state index contributed by atoms with van der Waals surface area (Å²) in [7, 11) is 1.94. The van der Waals surface area contributed by atoms with Gasteiger partial charge in [-0.05, 0) is 36.9 Å². The SMILES string of the molecule is CSc1ccc(-c2cc(C(N)=O)c(C)n2C)cc1. The van der Waals surface area contributed by atoms with Crippen molar-refractivity contribution in [3.05, 3.63) is 41.6 Å². The minimum absolute atomic E-state index is 0.380. The van der Waals surface area contributed by atoms with Crippen LogP contribution in [0, 0.1) is 6.92 Å². The zero-order chi connectivity index (χ0) is 13.3. The topological polar surface area (TPSA) is 48.0 Å². The summed E-state index contributed by atoms with van der Waals surface area (Å²) in [6.45, 7) is 1.90. The molecule has 3 nitrogen and oxygen atoms in total. The number of hydrogen-bond acceptors (Lipinski definition) is 2. The Kier molecular flexibility index (Phi) is 3.48. The lowest BCUT2D eigenvalue weighted by Crippen LogP contribution is -2.11. The number of hydrogen-bond donors (Lipinski definition) is 1. The Labute approximate surface area is 111 Å². The van der Waals surface area contributed by atoms with E-state index in [0.717, 1.165) is 17.0 Å². The summed E-state index contributed by atoms with van der Waals surface area (Å²) in [6, 6.07) is 10.1. The van der Waals surface area contributed by atoms with E-state index in [1.165, 1.54) is 4.90 Å². The average molecular weight is 260 g/mol. The summed E-state index contributed by atoms with van der Waals surface area (Å²) in [4.78, 5) is 12.5. The predicted molar refractivity (Wildman–Crippen MR) is 75.9 cm³/mol. The lowest BCUT2D eigenvalue weighted by Gasteiger charge is -2.06. The summed E-state index contributed by atoms with van der Waals surface area (Å²) in [5.41, 5.74) is 8.94.